The maximum atomic E-state index is 15.7. The molecular weight excluding hydrogens is 524 g/mol. The Kier molecular flexibility index (Phi) is 8.43. The highest BCUT2D eigenvalue weighted by atomic mass is 19.4. The molecule has 39 heavy (non-hydrogen) atoms. The second kappa shape index (κ2) is 11.3. The van der Waals surface area contributed by atoms with Crippen LogP contribution >= 0.6 is 0 Å². The number of halogens is 8. The highest BCUT2D eigenvalue weighted by Crippen LogP contribution is 2.62. The standard InChI is InChI=1S/C31H30F8/c1-3-10-20-13-8-9-16-30(20,31(37,38)39)22(4-2)25-28(35)26(33)24(27(34)29(25)36)21-15-14-19(17-23(21)32)18-11-6-5-7-12-18/h5-7,11-12,14-15,17,20,22H,3-4,8-10,13,16H2,1-2H3. The van der Waals surface area contributed by atoms with Gasteiger partial charge in [-0.05, 0) is 48.8 Å². The number of rotatable bonds is 7. The molecular formula is C31H30F8. The quantitative estimate of drug-likeness (QED) is 0.201. The summed E-state index contributed by atoms with van der Waals surface area (Å²) in [4.78, 5) is 0. The summed E-state index contributed by atoms with van der Waals surface area (Å²) in [5, 5.41) is 0. The van der Waals surface area contributed by atoms with Gasteiger partial charge < -0.3 is 0 Å². The largest absolute Gasteiger partial charge is 0.395 e. The van der Waals surface area contributed by atoms with Gasteiger partial charge in [-0.25, -0.2) is 22.0 Å². The van der Waals surface area contributed by atoms with E-state index < -0.39 is 69.2 Å². The van der Waals surface area contributed by atoms with Crippen molar-refractivity contribution in [2.45, 2.75) is 70.9 Å². The average Bonchev–Trinajstić information content (AvgIpc) is 2.91. The van der Waals surface area contributed by atoms with Crippen molar-refractivity contribution >= 4 is 0 Å². The fourth-order valence-corrected chi connectivity index (χ4v) is 6.59. The van der Waals surface area contributed by atoms with Crippen LogP contribution in [0.3, 0.4) is 0 Å². The molecule has 0 bridgehead atoms. The zero-order chi connectivity index (χ0) is 28.5. The molecule has 3 atom stereocenters. The van der Waals surface area contributed by atoms with Crippen LogP contribution in [-0.4, -0.2) is 6.18 Å². The Morgan fingerprint density at radius 3 is 2.00 bits per heavy atom. The summed E-state index contributed by atoms with van der Waals surface area (Å²) in [5.74, 6) is -11.6. The number of hydrogen-bond donors (Lipinski definition) is 0. The molecule has 0 radical (unpaired) electrons. The molecule has 4 rings (SSSR count). The van der Waals surface area contributed by atoms with Gasteiger partial charge in [0.25, 0.3) is 0 Å². The molecule has 1 saturated carbocycles. The Morgan fingerprint density at radius 2 is 1.46 bits per heavy atom. The molecule has 0 N–H and O–H groups in total. The summed E-state index contributed by atoms with van der Waals surface area (Å²) in [7, 11) is 0. The van der Waals surface area contributed by atoms with E-state index in [-0.39, 0.29) is 32.1 Å². The zero-order valence-corrected chi connectivity index (χ0v) is 21.7. The van der Waals surface area contributed by atoms with E-state index in [2.05, 4.69) is 0 Å². The van der Waals surface area contributed by atoms with E-state index in [1.807, 2.05) is 0 Å². The second-order valence-electron chi connectivity index (χ2n) is 10.3. The lowest BCUT2D eigenvalue weighted by atomic mass is 9.55. The summed E-state index contributed by atoms with van der Waals surface area (Å²) in [5.41, 5.74) is -4.83. The maximum absolute atomic E-state index is 15.7. The average molecular weight is 555 g/mol. The Bertz CT molecular complexity index is 1280. The van der Waals surface area contributed by atoms with Crippen LogP contribution in [0, 0.1) is 40.4 Å². The van der Waals surface area contributed by atoms with Crippen LogP contribution in [-0.2, 0) is 0 Å². The van der Waals surface area contributed by atoms with Gasteiger partial charge in [-0.1, -0.05) is 75.6 Å². The predicted octanol–water partition coefficient (Wildman–Crippen LogP) is 10.7. The minimum Gasteiger partial charge on any atom is -0.206 e. The van der Waals surface area contributed by atoms with Crippen molar-refractivity contribution < 1.29 is 35.1 Å². The smallest absolute Gasteiger partial charge is 0.206 e. The van der Waals surface area contributed by atoms with E-state index in [1.54, 1.807) is 37.3 Å². The van der Waals surface area contributed by atoms with Crippen LogP contribution < -0.4 is 0 Å². The first kappa shape index (κ1) is 29.1. The first-order chi connectivity index (χ1) is 18.5. The molecule has 1 fully saturated rings. The minimum absolute atomic E-state index is 0.168. The second-order valence-corrected chi connectivity index (χ2v) is 10.3. The Labute approximate surface area is 223 Å². The van der Waals surface area contributed by atoms with Crippen molar-refractivity contribution in [2.75, 3.05) is 0 Å². The fourth-order valence-electron chi connectivity index (χ4n) is 6.59. The van der Waals surface area contributed by atoms with Crippen molar-refractivity contribution in [2.24, 2.45) is 11.3 Å². The minimum atomic E-state index is -4.86. The Balaban J connectivity index is 1.89. The lowest BCUT2D eigenvalue weighted by Gasteiger charge is -2.50. The van der Waals surface area contributed by atoms with E-state index in [0.717, 1.165) is 12.1 Å². The van der Waals surface area contributed by atoms with E-state index in [0.29, 0.717) is 24.0 Å². The van der Waals surface area contributed by atoms with Crippen molar-refractivity contribution in [1.29, 1.82) is 0 Å². The number of hydrogen-bond acceptors (Lipinski definition) is 0. The van der Waals surface area contributed by atoms with E-state index in [4.69, 9.17) is 0 Å². The van der Waals surface area contributed by atoms with E-state index in [1.165, 1.54) is 13.0 Å². The highest BCUT2D eigenvalue weighted by Gasteiger charge is 2.63. The van der Waals surface area contributed by atoms with Crippen LogP contribution in [0.15, 0.2) is 48.5 Å². The van der Waals surface area contributed by atoms with Gasteiger partial charge in [0, 0.05) is 17.0 Å². The van der Waals surface area contributed by atoms with Gasteiger partial charge in [-0.15, -0.1) is 0 Å². The summed E-state index contributed by atoms with van der Waals surface area (Å²) in [6.45, 7) is 3.06. The molecule has 0 spiro atoms. The van der Waals surface area contributed by atoms with Crippen LogP contribution in [0.1, 0.15) is 70.3 Å². The molecule has 0 amide bonds. The molecule has 1 aliphatic carbocycles. The van der Waals surface area contributed by atoms with Gasteiger partial charge in [-0.2, -0.15) is 13.2 Å². The van der Waals surface area contributed by atoms with Gasteiger partial charge in [0.1, 0.15) is 5.82 Å². The monoisotopic (exact) mass is 554 g/mol. The van der Waals surface area contributed by atoms with Crippen LogP contribution in [0.4, 0.5) is 35.1 Å². The summed E-state index contributed by atoms with van der Waals surface area (Å²) in [6, 6.07) is 11.9. The normalized spacial score (nSPS) is 20.7. The molecule has 0 nitrogen and oxygen atoms in total. The van der Waals surface area contributed by atoms with Gasteiger partial charge in [-0.3, -0.25) is 0 Å². The molecule has 0 aliphatic heterocycles. The topological polar surface area (TPSA) is 0 Å². The third-order valence-electron chi connectivity index (χ3n) is 8.31. The molecule has 0 heterocycles. The van der Waals surface area contributed by atoms with Gasteiger partial charge in [0.05, 0.1) is 11.0 Å². The van der Waals surface area contributed by atoms with Crippen LogP contribution in [0.25, 0.3) is 22.3 Å². The van der Waals surface area contributed by atoms with Crippen molar-refractivity contribution in [3.05, 3.63) is 83.2 Å². The summed E-state index contributed by atoms with van der Waals surface area (Å²) >= 11 is 0. The third-order valence-corrected chi connectivity index (χ3v) is 8.31. The number of benzene rings is 3. The Hall–Kier alpha value is -2.90. The maximum Gasteiger partial charge on any atom is 0.395 e. The van der Waals surface area contributed by atoms with Gasteiger partial charge in [0.15, 0.2) is 23.3 Å². The third kappa shape index (κ3) is 4.95. The molecule has 3 aromatic carbocycles. The fraction of sp³-hybridized carbons (Fsp3) is 0.419. The van der Waals surface area contributed by atoms with Crippen molar-refractivity contribution in [1.82, 2.24) is 0 Å². The molecule has 1 aliphatic rings. The zero-order valence-electron chi connectivity index (χ0n) is 21.7. The van der Waals surface area contributed by atoms with Gasteiger partial charge in [0.2, 0.25) is 0 Å². The lowest BCUT2D eigenvalue weighted by molar-refractivity contribution is -0.264. The van der Waals surface area contributed by atoms with Gasteiger partial charge >= 0.3 is 6.18 Å². The lowest BCUT2D eigenvalue weighted by Crippen LogP contribution is -2.51. The van der Waals surface area contributed by atoms with Crippen molar-refractivity contribution in [3.63, 3.8) is 0 Å². The number of alkyl halides is 3. The summed E-state index contributed by atoms with van der Waals surface area (Å²) in [6.07, 6.45) is -4.13. The van der Waals surface area contributed by atoms with Crippen molar-refractivity contribution in [3.8, 4) is 22.3 Å². The Morgan fingerprint density at radius 1 is 0.821 bits per heavy atom. The molecule has 0 saturated heterocycles. The highest BCUT2D eigenvalue weighted by molar-refractivity contribution is 5.72. The molecule has 3 aromatic rings. The first-order valence-corrected chi connectivity index (χ1v) is 13.3. The van der Waals surface area contributed by atoms with Crippen LogP contribution in [0.5, 0.6) is 0 Å². The summed E-state index contributed by atoms with van der Waals surface area (Å²) < 4.78 is 122. The van der Waals surface area contributed by atoms with Crippen LogP contribution in [0.2, 0.25) is 0 Å². The molecule has 8 heteroatoms. The molecule has 3 unspecified atom stereocenters. The predicted molar refractivity (Wildman–Crippen MR) is 135 cm³/mol. The first-order valence-electron chi connectivity index (χ1n) is 13.3. The SMILES string of the molecule is CCCC1CCCCC1(C(CC)c1c(F)c(F)c(-c2ccc(-c3ccccc3)cc2F)c(F)c1F)C(F)(F)F. The molecule has 0 aromatic heterocycles. The van der Waals surface area contributed by atoms with E-state index in [9.17, 15) is 13.2 Å². The van der Waals surface area contributed by atoms with E-state index >= 15 is 22.0 Å². The molecule has 210 valence electrons.